The van der Waals surface area contributed by atoms with Crippen molar-refractivity contribution >= 4 is 5.91 Å². The molecular formula is C14H20FNO. The van der Waals surface area contributed by atoms with Crippen LogP contribution < -0.4 is 0 Å². The molecule has 0 aromatic heterocycles. The van der Waals surface area contributed by atoms with Gasteiger partial charge in [0.1, 0.15) is 5.82 Å². The van der Waals surface area contributed by atoms with E-state index in [1.807, 2.05) is 0 Å². The predicted octanol–water partition coefficient (Wildman–Crippen LogP) is 3.36. The van der Waals surface area contributed by atoms with Crippen LogP contribution in [-0.2, 0) is 11.3 Å². The quantitative estimate of drug-likeness (QED) is 0.695. The Balaban J connectivity index is 2.40. The number of benzene rings is 1. The van der Waals surface area contributed by atoms with Crippen LogP contribution >= 0.6 is 0 Å². The van der Waals surface area contributed by atoms with Crippen LogP contribution in [0.1, 0.15) is 38.2 Å². The molecule has 1 aromatic carbocycles. The standard InChI is InChI=1S/C14H20FNO/c1-3-4-5-6-14(17)16(2)11-12-7-9-13(15)10-8-12/h7-10H,3-6,11H2,1-2H3. The maximum atomic E-state index is 12.7. The van der Waals surface area contributed by atoms with Crippen molar-refractivity contribution in [2.24, 2.45) is 0 Å². The van der Waals surface area contributed by atoms with Crippen LogP contribution in [0.3, 0.4) is 0 Å². The van der Waals surface area contributed by atoms with Gasteiger partial charge in [0, 0.05) is 20.0 Å². The molecule has 3 heteroatoms. The van der Waals surface area contributed by atoms with Crippen LogP contribution in [0.5, 0.6) is 0 Å². The van der Waals surface area contributed by atoms with Gasteiger partial charge in [-0.25, -0.2) is 4.39 Å². The monoisotopic (exact) mass is 237 g/mol. The molecule has 0 saturated heterocycles. The van der Waals surface area contributed by atoms with Gasteiger partial charge in [-0.15, -0.1) is 0 Å². The minimum atomic E-state index is -0.245. The van der Waals surface area contributed by atoms with Crippen LogP contribution in [0.25, 0.3) is 0 Å². The average molecular weight is 237 g/mol. The van der Waals surface area contributed by atoms with Gasteiger partial charge >= 0.3 is 0 Å². The third-order valence-corrected chi connectivity index (χ3v) is 2.75. The van der Waals surface area contributed by atoms with Crippen LogP contribution in [0.4, 0.5) is 4.39 Å². The molecule has 1 rings (SSSR count). The van der Waals surface area contributed by atoms with Gasteiger partial charge in [-0.1, -0.05) is 31.9 Å². The Bertz CT molecular complexity index is 348. The maximum absolute atomic E-state index is 12.7. The van der Waals surface area contributed by atoms with E-state index in [4.69, 9.17) is 0 Å². The smallest absolute Gasteiger partial charge is 0.222 e. The van der Waals surface area contributed by atoms with Gasteiger partial charge < -0.3 is 4.90 Å². The van der Waals surface area contributed by atoms with E-state index in [1.54, 1.807) is 24.1 Å². The summed E-state index contributed by atoms with van der Waals surface area (Å²) in [4.78, 5) is 13.4. The van der Waals surface area contributed by atoms with Gasteiger partial charge in [-0.05, 0) is 24.1 Å². The molecule has 1 amide bonds. The topological polar surface area (TPSA) is 20.3 Å². The number of rotatable bonds is 6. The van der Waals surface area contributed by atoms with E-state index in [2.05, 4.69) is 6.92 Å². The van der Waals surface area contributed by atoms with Crippen LogP contribution in [0, 0.1) is 5.82 Å². The third kappa shape index (κ3) is 4.98. The maximum Gasteiger partial charge on any atom is 0.222 e. The normalized spacial score (nSPS) is 10.3. The molecule has 0 N–H and O–H groups in total. The number of hydrogen-bond donors (Lipinski definition) is 0. The first-order valence-electron chi connectivity index (χ1n) is 6.12. The fourth-order valence-electron chi connectivity index (χ4n) is 1.67. The van der Waals surface area contributed by atoms with Crippen molar-refractivity contribution in [3.05, 3.63) is 35.6 Å². The summed E-state index contributed by atoms with van der Waals surface area (Å²) in [7, 11) is 1.79. The van der Waals surface area contributed by atoms with Crippen molar-refractivity contribution < 1.29 is 9.18 Å². The number of halogens is 1. The van der Waals surface area contributed by atoms with Crippen molar-refractivity contribution in [1.82, 2.24) is 4.90 Å². The largest absolute Gasteiger partial charge is 0.341 e. The zero-order chi connectivity index (χ0) is 12.7. The number of unbranched alkanes of at least 4 members (excludes halogenated alkanes) is 2. The molecule has 0 aliphatic carbocycles. The lowest BCUT2D eigenvalue weighted by Gasteiger charge is -2.17. The molecule has 0 bridgehead atoms. The summed E-state index contributed by atoms with van der Waals surface area (Å²) in [6, 6.07) is 6.27. The summed E-state index contributed by atoms with van der Waals surface area (Å²) >= 11 is 0. The second-order valence-electron chi connectivity index (χ2n) is 4.33. The summed E-state index contributed by atoms with van der Waals surface area (Å²) in [5, 5.41) is 0. The number of nitrogens with zero attached hydrogens (tertiary/aromatic N) is 1. The predicted molar refractivity (Wildman–Crippen MR) is 67.0 cm³/mol. The zero-order valence-corrected chi connectivity index (χ0v) is 10.6. The molecule has 1 aromatic rings. The van der Waals surface area contributed by atoms with Crippen LogP contribution in [0.15, 0.2) is 24.3 Å². The Kier molecular flexibility index (Phi) is 5.67. The Labute approximate surface area is 102 Å². The second kappa shape index (κ2) is 7.05. The van der Waals surface area contributed by atoms with Crippen molar-refractivity contribution in [2.45, 2.75) is 39.2 Å². The molecule has 0 atom stereocenters. The lowest BCUT2D eigenvalue weighted by atomic mass is 10.1. The van der Waals surface area contributed by atoms with Crippen molar-refractivity contribution in [3.63, 3.8) is 0 Å². The lowest BCUT2D eigenvalue weighted by molar-refractivity contribution is -0.130. The number of hydrogen-bond acceptors (Lipinski definition) is 1. The van der Waals surface area contributed by atoms with Crippen molar-refractivity contribution in [1.29, 1.82) is 0 Å². The van der Waals surface area contributed by atoms with E-state index < -0.39 is 0 Å². The van der Waals surface area contributed by atoms with Crippen LogP contribution in [-0.4, -0.2) is 17.9 Å². The molecule has 0 spiro atoms. The minimum absolute atomic E-state index is 0.155. The fourth-order valence-corrected chi connectivity index (χ4v) is 1.67. The Morgan fingerprint density at radius 3 is 2.47 bits per heavy atom. The highest BCUT2D eigenvalue weighted by atomic mass is 19.1. The van der Waals surface area contributed by atoms with E-state index in [9.17, 15) is 9.18 Å². The highest BCUT2D eigenvalue weighted by Crippen LogP contribution is 2.08. The number of carbonyl (C=O) groups is 1. The van der Waals surface area contributed by atoms with Gasteiger partial charge in [-0.2, -0.15) is 0 Å². The molecule has 0 unspecified atom stereocenters. The molecular weight excluding hydrogens is 217 g/mol. The van der Waals surface area contributed by atoms with Crippen molar-refractivity contribution in [3.8, 4) is 0 Å². The molecule has 94 valence electrons. The first-order chi connectivity index (χ1) is 8.13. The van der Waals surface area contributed by atoms with Crippen molar-refractivity contribution in [2.75, 3.05) is 7.05 Å². The average Bonchev–Trinajstić information content (AvgIpc) is 2.32. The van der Waals surface area contributed by atoms with E-state index >= 15 is 0 Å². The molecule has 17 heavy (non-hydrogen) atoms. The van der Waals surface area contributed by atoms with Crippen LogP contribution in [0.2, 0.25) is 0 Å². The van der Waals surface area contributed by atoms with E-state index in [0.29, 0.717) is 13.0 Å². The minimum Gasteiger partial charge on any atom is -0.341 e. The second-order valence-corrected chi connectivity index (χ2v) is 4.33. The third-order valence-electron chi connectivity index (χ3n) is 2.75. The lowest BCUT2D eigenvalue weighted by Crippen LogP contribution is -2.25. The van der Waals surface area contributed by atoms with Gasteiger partial charge in [-0.3, -0.25) is 4.79 Å². The summed E-state index contributed by atoms with van der Waals surface area (Å²) < 4.78 is 12.7. The molecule has 0 saturated carbocycles. The van der Waals surface area contributed by atoms with Gasteiger partial charge in [0.2, 0.25) is 5.91 Å². The molecule has 0 aliphatic rings. The Morgan fingerprint density at radius 2 is 1.88 bits per heavy atom. The SMILES string of the molecule is CCCCCC(=O)N(C)Cc1ccc(F)cc1. The molecule has 0 radical (unpaired) electrons. The van der Waals surface area contributed by atoms with Gasteiger partial charge in [0.15, 0.2) is 0 Å². The zero-order valence-electron chi connectivity index (χ0n) is 10.6. The Hall–Kier alpha value is -1.38. The number of amides is 1. The first kappa shape index (κ1) is 13.7. The van der Waals surface area contributed by atoms with E-state index in [-0.39, 0.29) is 11.7 Å². The Morgan fingerprint density at radius 1 is 1.24 bits per heavy atom. The van der Waals surface area contributed by atoms with Gasteiger partial charge in [0.25, 0.3) is 0 Å². The fraction of sp³-hybridized carbons (Fsp3) is 0.500. The molecule has 0 heterocycles. The summed E-state index contributed by atoms with van der Waals surface area (Å²) in [6.45, 7) is 2.66. The summed E-state index contributed by atoms with van der Waals surface area (Å²) in [5.74, 6) is -0.0894. The highest BCUT2D eigenvalue weighted by molar-refractivity contribution is 5.75. The molecule has 0 fully saturated rings. The first-order valence-corrected chi connectivity index (χ1v) is 6.12. The molecule has 2 nitrogen and oxygen atoms in total. The van der Waals surface area contributed by atoms with E-state index in [0.717, 1.165) is 24.8 Å². The summed E-state index contributed by atoms with van der Waals surface area (Å²) in [5.41, 5.74) is 0.956. The van der Waals surface area contributed by atoms with E-state index in [1.165, 1.54) is 12.1 Å². The summed E-state index contributed by atoms with van der Waals surface area (Å²) in [6.07, 6.45) is 3.76. The number of carbonyl (C=O) groups excluding carboxylic acids is 1. The van der Waals surface area contributed by atoms with Gasteiger partial charge in [0.05, 0.1) is 0 Å². The highest BCUT2D eigenvalue weighted by Gasteiger charge is 2.08. The molecule has 0 aliphatic heterocycles.